The van der Waals surface area contributed by atoms with E-state index in [2.05, 4.69) is 15.6 Å². The van der Waals surface area contributed by atoms with Crippen LogP contribution in [0.4, 0.5) is 10.8 Å². The molecule has 2 aromatic carbocycles. The minimum Gasteiger partial charge on any atom is -0.497 e. The van der Waals surface area contributed by atoms with Crippen molar-refractivity contribution in [1.29, 1.82) is 0 Å². The van der Waals surface area contributed by atoms with Crippen molar-refractivity contribution in [2.45, 2.75) is 0 Å². The highest BCUT2D eigenvalue weighted by atomic mass is 35.5. The predicted octanol–water partition coefficient (Wildman–Crippen LogP) is 4.00. The highest BCUT2D eigenvalue weighted by molar-refractivity contribution is 7.14. The summed E-state index contributed by atoms with van der Waals surface area (Å²) in [4.78, 5) is 31.1. The summed E-state index contributed by atoms with van der Waals surface area (Å²) in [6.45, 7) is 2.57. The van der Waals surface area contributed by atoms with E-state index in [4.69, 9.17) is 21.1 Å². The maximum atomic E-state index is 12.6. The van der Waals surface area contributed by atoms with Gasteiger partial charge >= 0.3 is 0 Å². The van der Waals surface area contributed by atoms with Crippen LogP contribution in [-0.2, 0) is 9.53 Å². The number of ether oxygens (including phenoxy) is 2. The average molecular weight is 487 g/mol. The van der Waals surface area contributed by atoms with Crippen LogP contribution in [0.25, 0.3) is 11.3 Å². The normalized spacial score (nSPS) is 13.5. The third-order valence-corrected chi connectivity index (χ3v) is 6.20. The summed E-state index contributed by atoms with van der Waals surface area (Å²) < 4.78 is 10.4. The van der Waals surface area contributed by atoms with Gasteiger partial charge in [-0.1, -0.05) is 11.6 Å². The Balaban J connectivity index is 1.33. The number of morpholine rings is 1. The van der Waals surface area contributed by atoms with Gasteiger partial charge in [-0.2, -0.15) is 0 Å². The second kappa shape index (κ2) is 10.7. The summed E-state index contributed by atoms with van der Waals surface area (Å²) in [5, 5.41) is 8.74. The van der Waals surface area contributed by atoms with E-state index in [1.54, 1.807) is 42.3 Å². The quantitative estimate of drug-likeness (QED) is 0.524. The lowest BCUT2D eigenvalue weighted by atomic mass is 10.1. The fourth-order valence-electron chi connectivity index (χ4n) is 3.30. The van der Waals surface area contributed by atoms with Gasteiger partial charge in [0.1, 0.15) is 5.75 Å². The van der Waals surface area contributed by atoms with Gasteiger partial charge < -0.3 is 19.7 Å². The van der Waals surface area contributed by atoms with Crippen LogP contribution in [0, 0.1) is 0 Å². The highest BCUT2D eigenvalue weighted by Crippen LogP contribution is 2.33. The maximum Gasteiger partial charge on any atom is 0.257 e. The molecule has 10 heteroatoms. The number of methoxy groups -OCH3 is 1. The van der Waals surface area contributed by atoms with Crippen LogP contribution in [0.15, 0.2) is 47.8 Å². The van der Waals surface area contributed by atoms with Gasteiger partial charge in [-0.15, -0.1) is 11.3 Å². The van der Waals surface area contributed by atoms with Crippen LogP contribution < -0.4 is 15.4 Å². The van der Waals surface area contributed by atoms with Gasteiger partial charge in [-0.3, -0.25) is 14.9 Å². The van der Waals surface area contributed by atoms with E-state index >= 15 is 0 Å². The number of carbonyl (C=O) groups excluding carboxylic acids is 2. The molecule has 0 aliphatic carbocycles. The number of halogens is 1. The average Bonchev–Trinajstić information content (AvgIpc) is 3.31. The van der Waals surface area contributed by atoms with Crippen LogP contribution in [0.5, 0.6) is 5.75 Å². The highest BCUT2D eigenvalue weighted by Gasteiger charge is 2.16. The first-order chi connectivity index (χ1) is 16.0. The Morgan fingerprint density at radius 3 is 2.64 bits per heavy atom. The summed E-state index contributed by atoms with van der Waals surface area (Å²) >= 11 is 7.64. The van der Waals surface area contributed by atoms with Gasteiger partial charge in [0.15, 0.2) is 5.13 Å². The smallest absolute Gasteiger partial charge is 0.257 e. The van der Waals surface area contributed by atoms with Crippen LogP contribution in [0.2, 0.25) is 5.02 Å². The van der Waals surface area contributed by atoms with Gasteiger partial charge in [0.2, 0.25) is 5.91 Å². The number of rotatable bonds is 7. The zero-order valence-corrected chi connectivity index (χ0v) is 19.5. The molecule has 1 fully saturated rings. The predicted molar refractivity (Wildman–Crippen MR) is 129 cm³/mol. The van der Waals surface area contributed by atoms with Crippen molar-refractivity contribution in [2.75, 3.05) is 50.6 Å². The minimum atomic E-state index is -0.271. The van der Waals surface area contributed by atoms with Crippen LogP contribution in [0.1, 0.15) is 10.4 Å². The van der Waals surface area contributed by atoms with Gasteiger partial charge in [0.05, 0.1) is 37.6 Å². The molecule has 4 rings (SSSR count). The zero-order chi connectivity index (χ0) is 23.2. The number of nitrogens with one attached hydrogen (secondary N) is 2. The van der Waals surface area contributed by atoms with Crippen LogP contribution >= 0.6 is 22.9 Å². The van der Waals surface area contributed by atoms with Gasteiger partial charge in [0.25, 0.3) is 5.91 Å². The molecular formula is C23H23ClN4O4S. The SMILES string of the molecule is COc1ccc(-c2csc(NC(=O)c3ccc(NCC(=O)N4CCOCC4)cc3)n2)c(Cl)c1. The molecule has 2 heterocycles. The standard InChI is InChI=1S/C23H23ClN4O4S/c1-31-17-6-7-18(19(24)12-17)20-14-33-23(26-20)27-22(30)15-2-4-16(5-3-15)25-13-21(29)28-8-10-32-11-9-28/h2-7,12,14,25H,8-11,13H2,1H3,(H,26,27,30). The number of carbonyl (C=O) groups is 2. The van der Waals surface area contributed by atoms with E-state index in [-0.39, 0.29) is 18.4 Å². The zero-order valence-electron chi connectivity index (χ0n) is 18.0. The molecule has 0 unspecified atom stereocenters. The molecule has 0 bridgehead atoms. The molecule has 1 aromatic heterocycles. The van der Waals surface area contributed by atoms with Crippen molar-refractivity contribution >= 4 is 45.6 Å². The fourth-order valence-corrected chi connectivity index (χ4v) is 4.27. The van der Waals surface area contributed by atoms with Crippen molar-refractivity contribution in [3.63, 3.8) is 0 Å². The third kappa shape index (κ3) is 5.81. The molecule has 0 radical (unpaired) electrons. The number of anilines is 2. The Labute approximate surface area is 200 Å². The van der Waals surface area contributed by atoms with E-state index in [1.165, 1.54) is 11.3 Å². The summed E-state index contributed by atoms with van der Waals surface area (Å²) in [5.41, 5.74) is 2.68. The number of hydrogen-bond acceptors (Lipinski definition) is 7. The molecule has 1 aliphatic rings. The second-order valence-corrected chi connectivity index (χ2v) is 8.53. The minimum absolute atomic E-state index is 0.0247. The third-order valence-electron chi connectivity index (χ3n) is 5.13. The Hall–Kier alpha value is -3.14. The van der Waals surface area contributed by atoms with E-state index in [9.17, 15) is 9.59 Å². The van der Waals surface area contributed by atoms with E-state index in [0.717, 1.165) is 11.3 Å². The van der Waals surface area contributed by atoms with Crippen molar-refractivity contribution in [2.24, 2.45) is 0 Å². The lowest BCUT2D eigenvalue weighted by molar-refractivity contribution is -0.133. The molecule has 8 nitrogen and oxygen atoms in total. The molecule has 172 valence electrons. The van der Waals surface area contributed by atoms with Gasteiger partial charge in [-0.25, -0.2) is 4.98 Å². The van der Waals surface area contributed by atoms with E-state index in [0.29, 0.717) is 53.5 Å². The van der Waals surface area contributed by atoms with Crippen molar-refractivity contribution in [1.82, 2.24) is 9.88 Å². The molecule has 2 N–H and O–H groups in total. The topological polar surface area (TPSA) is 92.8 Å². The number of hydrogen-bond donors (Lipinski definition) is 2. The molecule has 33 heavy (non-hydrogen) atoms. The van der Waals surface area contributed by atoms with E-state index in [1.807, 2.05) is 17.5 Å². The number of amides is 2. The Kier molecular flexibility index (Phi) is 7.43. The second-order valence-electron chi connectivity index (χ2n) is 7.26. The summed E-state index contributed by atoms with van der Waals surface area (Å²) in [5.74, 6) is 0.417. The Morgan fingerprint density at radius 2 is 1.94 bits per heavy atom. The number of benzene rings is 2. The lowest BCUT2D eigenvalue weighted by Crippen LogP contribution is -2.43. The molecule has 0 spiro atoms. The van der Waals surface area contributed by atoms with E-state index < -0.39 is 0 Å². The first-order valence-electron chi connectivity index (χ1n) is 10.3. The lowest BCUT2D eigenvalue weighted by Gasteiger charge is -2.27. The Morgan fingerprint density at radius 1 is 1.18 bits per heavy atom. The number of aromatic nitrogens is 1. The van der Waals surface area contributed by atoms with Crippen LogP contribution in [-0.4, -0.2) is 61.7 Å². The van der Waals surface area contributed by atoms with Crippen molar-refractivity contribution < 1.29 is 19.1 Å². The van der Waals surface area contributed by atoms with Crippen LogP contribution in [0.3, 0.4) is 0 Å². The maximum absolute atomic E-state index is 12.6. The van der Waals surface area contributed by atoms with Gasteiger partial charge in [0, 0.05) is 35.3 Å². The molecule has 1 aliphatic heterocycles. The first kappa shape index (κ1) is 23.0. The molecule has 0 saturated carbocycles. The Bertz CT molecular complexity index is 1130. The summed E-state index contributed by atoms with van der Waals surface area (Å²) in [6, 6.07) is 12.3. The summed E-state index contributed by atoms with van der Waals surface area (Å²) in [7, 11) is 1.58. The first-order valence-corrected chi connectivity index (χ1v) is 11.6. The summed E-state index contributed by atoms with van der Waals surface area (Å²) in [6.07, 6.45) is 0. The molecular weight excluding hydrogens is 464 g/mol. The van der Waals surface area contributed by atoms with Gasteiger partial charge in [-0.05, 0) is 42.5 Å². The molecule has 3 aromatic rings. The van der Waals surface area contributed by atoms with Crippen molar-refractivity contribution in [3.8, 4) is 17.0 Å². The number of nitrogens with zero attached hydrogens (tertiary/aromatic N) is 2. The molecule has 0 atom stereocenters. The molecule has 2 amide bonds. The largest absolute Gasteiger partial charge is 0.497 e. The van der Waals surface area contributed by atoms with Crippen molar-refractivity contribution in [3.05, 3.63) is 58.4 Å². The number of thiazole rings is 1. The monoisotopic (exact) mass is 486 g/mol. The molecule has 1 saturated heterocycles. The fraction of sp³-hybridized carbons (Fsp3) is 0.261.